The van der Waals surface area contributed by atoms with E-state index in [4.69, 9.17) is 4.74 Å². The van der Waals surface area contributed by atoms with Crippen LogP contribution in [0, 0.1) is 5.92 Å². The molecule has 2 rings (SSSR count). The van der Waals surface area contributed by atoms with Crippen molar-refractivity contribution in [1.82, 2.24) is 5.32 Å². The summed E-state index contributed by atoms with van der Waals surface area (Å²) in [5, 5.41) is 11.8. The quantitative estimate of drug-likeness (QED) is 0.698. The van der Waals surface area contributed by atoms with Crippen molar-refractivity contribution in [1.29, 1.82) is 0 Å². The summed E-state index contributed by atoms with van der Waals surface area (Å²) in [6, 6.07) is 15.4. The minimum Gasteiger partial charge on any atom is -0.480 e. The zero-order valence-corrected chi connectivity index (χ0v) is 15.3. The monoisotopic (exact) mass is 369 g/mol. The number of nitrogens with one attached hydrogen (secondary N) is 1. The standard InChI is InChI=1S/C21H23NO5/c1-3-27-21(26)14(2)13-18(20(24)25)22-19(23)17-11-9-16(10-12-17)15-7-5-4-6-8-15/h4-12,14,18H,3,13H2,1-2H3,(H,22,23)(H,24,25)/t14-,18-/m1/s1. The lowest BCUT2D eigenvalue weighted by Gasteiger charge is -2.18. The lowest BCUT2D eigenvalue weighted by molar-refractivity contribution is -0.148. The van der Waals surface area contributed by atoms with Crippen molar-refractivity contribution >= 4 is 17.8 Å². The molecule has 0 unspecified atom stereocenters. The molecule has 0 fully saturated rings. The summed E-state index contributed by atoms with van der Waals surface area (Å²) < 4.78 is 4.88. The highest BCUT2D eigenvalue weighted by Crippen LogP contribution is 2.19. The van der Waals surface area contributed by atoms with Crippen LogP contribution in [0.2, 0.25) is 0 Å². The average Bonchev–Trinajstić information content (AvgIpc) is 2.68. The Kier molecular flexibility index (Phi) is 7.11. The second-order valence-corrected chi connectivity index (χ2v) is 6.20. The minimum absolute atomic E-state index is 0.0397. The van der Waals surface area contributed by atoms with Crippen molar-refractivity contribution in [3.63, 3.8) is 0 Å². The van der Waals surface area contributed by atoms with Gasteiger partial charge in [-0.1, -0.05) is 49.4 Å². The molecule has 0 saturated heterocycles. The van der Waals surface area contributed by atoms with Crippen molar-refractivity contribution in [2.75, 3.05) is 6.61 Å². The van der Waals surface area contributed by atoms with Crippen LogP contribution < -0.4 is 5.32 Å². The zero-order valence-electron chi connectivity index (χ0n) is 15.3. The first-order chi connectivity index (χ1) is 12.9. The van der Waals surface area contributed by atoms with Gasteiger partial charge in [0.25, 0.3) is 5.91 Å². The summed E-state index contributed by atoms with van der Waals surface area (Å²) in [4.78, 5) is 35.5. The van der Waals surface area contributed by atoms with Gasteiger partial charge in [0.05, 0.1) is 12.5 Å². The van der Waals surface area contributed by atoms with Gasteiger partial charge < -0.3 is 15.2 Å². The third kappa shape index (κ3) is 5.67. The number of benzene rings is 2. The SMILES string of the molecule is CCOC(=O)[C@H](C)C[C@@H](NC(=O)c1ccc(-c2ccccc2)cc1)C(=O)O. The van der Waals surface area contributed by atoms with Crippen LogP contribution in [0.3, 0.4) is 0 Å². The van der Waals surface area contributed by atoms with Crippen molar-refractivity contribution in [2.24, 2.45) is 5.92 Å². The maximum atomic E-state index is 12.4. The van der Waals surface area contributed by atoms with Crippen molar-refractivity contribution in [3.8, 4) is 11.1 Å². The molecule has 2 N–H and O–H groups in total. The van der Waals surface area contributed by atoms with Gasteiger partial charge in [0.15, 0.2) is 0 Å². The fourth-order valence-electron chi connectivity index (χ4n) is 2.64. The van der Waals surface area contributed by atoms with Crippen LogP contribution in [0.1, 0.15) is 30.6 Å². The molecule has 0 aliphatic heterocycles. The first-order valence-electron chi connectivity index (χ1n) is 8.78. The van der Waals surface area contributed by atoms with Crippen molar-refractivity contribution in [3.05, 3.63) is 60.2 Å². The molecule has 0 radical (unpaired) electrons. The number of carboxylic acids is 1. The van der Waals surface area contributed by atoms with Crippen molar-refractivity contribution in [2.45, 2.75) is 26.3 Å². The number of hydrogen-bond acceptors (Lipinski definition) is 4. The third-order valence-corrected chi connectivity index (χ3v) is 4.14. The molecule has 2 atom stereocenters. The first kappa shape index (κ1) is 20.2. The molecule has 0 bridgehead atoms. The number of carbonyl (C=O) groups is 3. The van der Waals surface area contributed by atoms with Gasteiger partial charge in [-0.25, -0.2) is 4.79 Å². The Hall–Kier alpha value is -3.15. The fourth-order valence-corrected chi connectivity index (χ4v) is 2.64. The molecule has 6 heteroatoms. The summed E-state index contributed by atoms with van der Waals surface area (Å²) >= 11 is 0. The lowest BCUT2D eigenvalue weighted by Crippen LogP contribution is -2.42. The van der Waals surface area contributed by atoms with E-state index in [9.17, 15) is 19.5 Å². The molecule has 2 aromatic carbocycles. The number of aliphatic carboxylic acids is 1. The Balaban J connectivity index is 2.04. The Labute approximate surface area is 158 Å². The number of ether oxygens (including phenoxy) is 1. The number of carboxylic acid groups (broad SMARTS) is 1. The van der Waals surface area contributed by atoms with Crippen LogP contribution in [-0.2, 0) is 14.3 Å². The molecule has 0 heterocycles. The van der Waals surface area contributed by atoms with Gasteiger partial charge in [0.2, 0.25) is 0 Å². The van der Waals surface area contributed by atoms with E-state index in [1.54, 1.807) is 38.1 Å². The molecule has 2 aromatic rings. The van der Waals surface area contributed by atoms with E-state index in [-0.39, 0.29) is 13.0 Å². The molecule has 6 nitrogen and oxygen atoms in total. The summed E-state index contributed by atoms with van der Waals surface area (Å²) in [7, 11) is 0. The molecule has 1 amide bonds. The Morgan fingerprint density at radius 2 is 1.59 bits per heavy atom. The largest absolute Gasteiger partial charge is 0.480 e. The highest BCUT2D eigenvalue weighted by atomic mass is 16.5. The molecule has 142 valence electrons. The zero-order chi connectivity index (χ0) is 19.8. The Bertz CT molecular complexity index is 786. The molecular formula is C21H23NO5. The second-order valence-electron chi connectivity index (χ2n) is 6.20. The van der Waals surface area contributed by atoms with Gasteiger partial charge >= 0.3 is 11.9 Å². The molecule has 0 saturated carbocycles. The molecule has 27 heavy (non-hydrogen) atoms. The van der Waals surface area contributed by atoms with E-state index in [1.165, 1.54) is 0 Å². The summed E-state index contributed by atoms with van der Waals surface area (Å²) in [5.41, 5.74) is 2.33. The third-order valence-electron chi connectivity index (χ3n) is 4.14. The summed E-state index contributed by atoms with van der Waals surface area (Å²) in [6.07, 6.45) is -0.0397. The molecule has 0 aliphatic rings. The van der Waals surface area contributed by atoms with Gasteiger partial charge in [-0.05, 0) is 36.6 Å². The normalized spacial score (nSPS) is 12.7. The highest BCUT2D eigenvalue weighted by Gasteiger charge is 2.26. The van der Waals surface area contributed by atoms with Crippen LogP contribution in [0.4, 0.5) is 0 Å². The number of rotatable bonds is 8. The topological polar surface area (TPSA) is 92.7 Å². The van der Waals surface area contributed by atoms with E-state index in [0.717, 1.165) is 11.1 Å². The van der Waals surface area contributed by atoms with E-state index in [0.29, 0.717) is 5.56 Å². The van der Waals surface area contributed by atoms with E-state index >= 15 is 0 Å². The van der Waals surface area contributed by atoms with Crippen LogP contribution in [0.15, 0.2) is 54.6 Å². The maximum Gasteiger partial charge on any atom is 0.326 e. The van der Waals surface area contributed by atoms with Crippen LogP contribution in [0.5, 0.6) is 0 Å². The number of esters is 1. The predicted octanol–water partition coefficient (Wildman–Crippen LogP) is 3.13. The van der Waals surface area contributed by atoms with Gasteiger partial charge in [-0.3, -0.25) is 9.59 Å². The van der Waals surface area contributed by atoms with Gasteiger partial charge in [-0.2, -0.15) is 0 Å². The smallest absolute Gasteiger partial charge is 0.326 e. The van der Waals surface area contributed by atoms with Crippen LogP contribution in [0.25, 0.3) is 11.1 Å². The average molecular weight is 369 g/mol. The first-order valence-corrected chi connectivity index (χ1v) is 8.78. The van der Waals surface area contributed by atoms with E-state index in [2.05, 4.69) is 5.32 Å². The van der Waals surface area contributed by atoms with E-state index in [1.807, 2.05) is 30.3 Å². The predicted molar refractivity (Wildman–Crippen MR) is 101 cm³/mol. The van der Waals surface area contributed by atoms with Crippen molar-refractivity contribution < 1.29 is 24.2 Å². The minimum atomic E-state index is -1.19. The lowest BCUT2D eigenvalue weighted by atomic mass is 10.0. The maximum absolute atomic E-state index is 12.4. The number of amides is 1. The van der Waals surface area contributed by atoms with Gasteiger partial charge in [-0.15, -0.1) is 0 Å². The Morgan fingerprint density at radius 1 is 1.00 bits per heavy atom. The number of hydrogen-bond donors (Lipinski definition) is 2. The number of carbonyl (C=O) groups excluding carboxylic acids is 2. The Morgan fingerprint density at radius 3 is 2.15 bits per heavy atom. The van der Waals surface area contributed by atoms with Crippen LogP contribution in [-0.4, -0.2) is 35.6 Å². The van der Waals surface area contributed by atoms with Crippen LogP contribution >= 0.6 is 0 Å². The highest BCUT2D eigenvalue weighted by molar-refractivity contribution is 5.97. The summed E-state index contributed by atoms with van der Waals surface area (Å²) in [6.45, 7) is 3.48. The fraction of sp³-hybridized carbons (Fsp3) is 0.286. The van der Waals surface area contributed by atoms with Gasteiger partial charge in [0, 0.05) is 5.56 Å². The van der Waals surface area contributed by atoms with Gasteiger partial charge in [0.1, 0.15) is 6.04 Å². The molecule has 0 aliphatic carbocycles. The van der Waals surface area contributed by atoms with E-state index < -0.39 is 29.8 Å². The molecular weight excluding hydrogens is 346 g/mol. The molecule has 0 spiro atoms. The summed E-state index contributed by atoms with van der Waals surface area (Å²) in [5.74, 6) is -2.81. The molecule has 0 aromatic heterocycles. The second kappa shape index (κ2) is 9.52.